The number of benzene rings is 1. The van der Waals surface area contributed by atoms with Crippen molar-refractivity contribution in [2.24, 2.45) is 11.8 Å². The minimum atomic E-state index is -0.770. The highest BCUT2D eigenvalue weighted by Gasteiger charge is 2.33. The van der Waals surface area contributed by atoms with E-state index in [1.807, 2.05) is 34.1 Å². The van der Waals surface area contributed by atoms with Gasteiger partial charge in [0, 0.05) is 52.6 Å². The molecule has 2 unspecified atom stereocenters. The van der Waals surface area contributed by atoms with E-state index < -0.39 is 5.97 Å². The van der Waals surface area contributed by atoms with E-state index in [9.17, 15) is 19.5 Å². The van der Waals surface area contributed by atoms with E-state index in [1.165, 1.54) is 0 Å². The van der Waals surface area contributed by atoms with Crippen LogP contribution in [0.15, 0.2) is 24.3 Å². The zero-order chi connectivity index (χ0) is 23.1. The van der Waals surface area contributed by atoms with Crippen molar-refractivity contribution in [1.82, 2.24) is 14.7 Å². The number of piperazine rings is 1. The van der Waals surface area contributed by atoms with E-state index in [-0.39, 0.29) is 30.1 Å². The van der Waals surface area contributed by atoms with Crippen LogP contribution in [0.2, 0.25) is 0 Å². The molecule has 0 bridgehead atoms. The third kappa shape index (κ3) is 6.69. The molecule has 2 fully saturated rings. The zero-order valence-electron chi connectivity index (χ0n) is 19.2. The van der Waals surface area contributed by atoms with E-state index in [0.29, 0.717) is 19.5 Å². The maximum absolute atomic E-state index is 12.9. The van der Waals surface area contributed by atoms with Gasteiger partial charge >= 0.3 is 5.97 Å². The standard InChI is InChI=1S/C24H35N3O5/c1-18(28)26-13-11-25(12-14-26)9-7-21-17-27(10-8-20(21)16-24(30)31)23(29)15-19-3-5-22(32-2)6-4-19/h3-6,20-21H,7-17H2,1-2H3,(H,30,31). The molecular formula is C24H35N3O5. The number of aliphatic carboxylic acids is 1. The number of likely N-dealkylation sites (tertiary alicyclic amines) is 1. The average molecular weight is 446 g/mol. The first kappa shape index (κ1) is 24.0. The highest BCUT2D eigenvalue weighted by atomic mass is 16.5. The molecule has 2 amide bonds. The Kier molecular flexibility index (Phi) is 8.50. The molecule has 3 rings (SSSR count). The third-order valence-electron chi connectivity index (χ3n) is 6.83. The molecule has 0 aliphatic carbocycles. The SMILES string of the molecule is COc1ccc(CC(=O)N2CCC(CC(=O)O)C(CCN3CCN(C(C)=O)CC3)C2)cc1. The quantitative estimate of drug-likeness (QED) is 0.656. The maximum atomic E-state index is 12.9. The molecule has 0 spiro atoms. The van der Waals surface area contributed by atoms with Crippen LogP contribution in [0.4, 0.5) is 0 Å². The van der Waals surface area contributed by atoms with Crippen molar-refractivity contribution in [2.45, 2.75) is 32.6 Å². The number of hydrogen-bond donors (Lipinski definition) is 1. The van der Waals surface area contributed by atoms with Gasteiger partial charge in [-0.1, -0.05) is 12.1 Å². The Hall–Kier alpha value is -2.61. The van der Waals surface area contributed by atoms with E-state index in [2.05, 4.69) is 4.90 Å². The Bertz CT molecular complexity index is 789. The minimum Gasteiger partial charge on any atom is -0.497 e. The van der Waals surface area contributed by atoms with Crippen LogP contribution in [0.25, 0.3) is 0 Å². The molecule has 176 valence electrons. The fourth-order valence-corrected chi connectivity index (χ4v) is 4.79. The van der Waals surface area contributed by atoms with Gasteiger partial charge in [-0.3, -0.25) is 19.3 Å². The van der Waals surface area contributed by atoms with Crippen LogP contribution in [0.3, 0.4) is 0 Å². The molecule has 2 atom stereocenters. The second kappa shape index (κ2) is 11.3. The summed E-state index contributed by atoms with van der Waals surface area (Å²) >= 11 is 0. The predicted molar refractivity (Wildman–Crippen MR) is 120 cm³/mol. The molecule has 1 aromatic rings. The van der Waals surface area contributed by atoms with Crippen LogP contribution in [0.5, 0.6) is 5.75 Å². The van der Waals surface area contributed by atoms with Crippen LogP contribution in [0, 0.1) is 11.8 Å². The molecule has 1 aromatic carbocycles. The lowest BCUT2D eigenvalue weighted by molar-refractivity contribution is -0.140. The van der Waals surface area contributed by atoms with Gasteiger partial charge < -0.3 is 19.6 Å². The van der Waals surface area contributed by atoms with Gasteiger partial charge in [0.05, 0.1) is 13.5 Å². The first-order valence-electron chi connectivity index (χ1n) is 11.5. The first-order chi connectivity index (χ1) is 15.4. The summed E-state index contributed by atoms with van der Waals surface area (Å²) in [6.45, 7) is 6.86. The molecule has 0 aromatic heterocycles. The van der Waals surface area contributed by atoms with Crippen molar-refractivity contribution < 1.29 is 24.2 Å². The summed E-state index contributed by atoms with van der Waals surface area (Å²) < 4.78 is 5.18. The number of carboxylic acids is 1. The number of ether oxygens (including phenoxy) is 1. The van der Waals surface area contributed by atoms with Crippen LogP contribution in [0.1, 0.15) is 31.7 Å². The zero-order valence-corrected chi connectivity index (χ0v) is 19.2. The summed E-state index contributed by atoms with van der Waals surface area (Å²) in [6, 6.07) is 7.53. The fourth-order valence-electron chi connectivity index (χ4n) is 4.79. The van der Waals surface area contributed by atoms with Crippen molar-refractivity contribution in [3.63, 3.8) is 0 Å². The normalized spacial score (nSPS) is 21.9. The molecule has 2 heterocycles. The summed E-state index contributed by atoms with van der Waals surface area (Å²) in [5.74, 6) is 0.461. The molecule has 2 saturated heterocycles. The van der Waals surface area contributed by atoms with Gasteiger partial charge in [0.15, 0.2) is 0 Å². The molecule has 8 nitrogen and oxygen atoms in total. The first-order valence-corrected chi connectivity index (χ1v) is 11.5. The Morgan fingerprint density at radius 2 is 1.69 bits per heavy atom. The number of methoxy groups -OCH3 is 1. The predicted octanol–water partition coefficient (Wildman–Crippen LogP) is 1.73. The number of rotatable bonds is 8. The highest BCUT2D eigenvalue weighted by Crippen LogP contribution is 2.30. The molecule has 2 aliphatic rings. The molecule has 1 N–H and O–H groups in total. The van der Waals surface area contributed by atoms with Gasteiger partial charge in [-0.25, -0.2) is 0 Å². The minimum absolute atomic E-state index is 0.0871. The van der Waals surface area contributed by atoms with Gasteiger partial charge in [0.25, 0.3) is 0 Å². The Balaban J connectivity index is 1.55. The molecule has 0 saturated carbocycles. The number of amides is 2. The van der Waals surface area contributed by atoms with Gasteiger partial charge in [-0.05, 0) is 48.9 Å². The number of carbonyl (C=O) groups is 3. The number of piperidine rings is 1. The van der Waals surface area contributed by atoms with E-state index >= 15 is 0 Å². The highest BCUT2D eigenvalue weighted by molar-refractivity contribution is 5.79. The third-order valence-corrected chi connectivity index (χ3v) is 6.83. The topological polar surface area (TPSA) is 90.4 Å². The smallest absolute Gasteiger partial charge is 0.303 e. The van der Waals surface area contributed by atoms with E-state index in [0.717, 1.165) is 56.9 Å². The second-order valence-corrected chi connectivity index (χ2v) is 8.91. The van der Waals surface area contributed by atoms with Crippen molar-refractivity contribution in [1.29, 1.82) is 0 Å². The number of carbonyl (C=O) groups excluding carboxylic acids is 2. The summed E-state index contributed by atoms with van der Waals surface area (Å²) in [5.41, 5.74) is 0.948. The number of nitrogens with zero attached hydrogens (tertiary/aromatic N) is 3. The van der Waals surface area contributed by atoms with Crippen molar-refractivity contribution in [3.05, 3.63) is 29.8 Å². The lowest BCUT2D eigenvalue weighted by Gasteiger charge is -2.40. The average Bonchev–Trinajstić information content (AvgIpc) is 2.78. The van der Waals surface area contributed by atoms with Crippen LogP contribution in [-0.2, 0) is 20.8 Å². The van der Waals surface area contributed by atoms with Crippen molar-refractivity contribution in [2.75, 3.05) is 52.9 Å². The van der Waals surface area contributed by atoms with Crippen LogP contribution >= 0.6 is 0 Å². The molecule has 8 heteroatoms. The van der Waals surface area contributed by atoms with Crippen LogP contribution < -0.4 is 4.74 Å². The monoisotopic (exact) mass is 445 g/mol. The largest absolute Gasteiger partial charge is 0.497 e. The lowest BCUT2D eigenvalue weighted by atomic mass is 9.81. The summed E-state index contributed by atoms with van der Waals surface area (Å²) in [4.78, 5) is 42.0. The van der Waals surface area contributed by atoms with Gasteiger partial charge in [-0.15, -0.1) is 0 Å². The molecule has 0 radical (unpaired) electrons. The number of hydrogen-bond acceptors (Lipinski definition) is 5. The fraction of sp³-hybridized carbons (Fsp3) is 0.625. The van der Waals surface area contributed by atoms with Crippen molar-refractivity contribution >= 4 is 17.8 Å². The van der Waals surface area contributed by atoms with E-state index in [4.69, 9.17) is 4.74 Å². The van der Waals surface area contributed by atoms with Gasteiger partial charge in [-0.2, -0.15) is 0 Å². The Morgan fingerprint density at radius 3 is 2.28 bits per heavy atom. The number of carboxylic acid groups (broad SMARTS) is 1. The maximum Gasteiger partial charge on any atom is 0.303 e. The lowest BCUT2D eigenvalue weighted by Crippen LogP contribution is -2.49. The van der Waals surface area contributed by atoms with Crippen molar-refractivity contribution in [3.8, 4) is 5.75 Å². The summed E-state index contributed by atoms with van der Waals surface area (Å²) in [7, 11) is 1.62. The molecular weight excluding hydrogens is 410 g/mol. The Morgan fingerprint density at radius 1 is 1.00 bits per heavy atom. The summed E-state index contributed by atoms with van der Waals surface area (Å²) in [5, 5.41) is 9.36. The van der Waals surface area contributed by atoms with Gasteiger partial charge in [0.1, 0.15) is 5.75 Å². The van der Waals surface area contributed by atoms with E-state index in [1.54, 1.807) is 14.0 Å². The second-order valence-electron chi connectivity index (χ2n) is 8.91. The van der Waals surface area contributed by atoms with Crippen LogP contribution in [-0.4, -0.2) is 90.5 Å². The Labute approximate surface area is 190 Å². The summed E-state index contributed by atoms with van der Waals surface area (Å²) in [6.07, 6.45) is 2.09. The molecule has 32 heavy (non-hydrogen) atoms. The molecule has 2 aliphatic heterocycles. The van der Waals surface area contributed by atoms with Gasteiger partial charge in [0.2, 0.25) is 11.8 Å².